The normalized spacial score (nSPS) is 13.8. The first kappa shape index (κ1) is 15.4. The van der Waals surface area contributed by atoms with Gasteiger partial charge in [0, 0.05) is 7.05 Å². The second-order valence-corrected chi connectivity index (χ2v) is 6.46. The van der Waals surface area contributed by atoms with Crippen LogP contribution in [-0.4, -0.2) is 34.8 Å². The van der Waals surface area contributed by atoms with Crippen molar-refractivity contribution in [2.75, 3.05) is 0 Å². The molecule has 0 amide bonds. The SMILES string of the molecule is Cc1nn(C)c(C)c1S(=O)(=O)NC(C)(C)C(N)=NO. The lowest BCUT2D eigenvalue weighted by atomic mass is 10.1. The lowest BCUT2D eigenvalue weighted by Gasteiger charge is -2.24. The molecule has 19 heavy (non-hydrogen) atoms. The number of nitrogens with zero attached hydrogens (tertiary/aromatic N) is 3. The Bertz CT molecular complexity index is 615. The number of sulfonamides is 1. The summed E-state index contributed by atoms with van der Waals surface area (Å²) in [6.07, 6.45) is 0. The van der Waals surface area contributed by atoms with Crippen molar-refractivity contribution >= 4 is 15.9 Å². The molecule has 0 fully saturated rings. The summed E-state index contributed by atoms with van der Waals surface area (Å²) in [5.74, 6) is -0.227. The molecule has 0 saturated heterocycles. The van der Waals surface area contributed by atoms with Gasteiger partial charge in [-0.15, -0.1) is 0 Å². The van der Waals surface area contributed by atoms with Gasteiger partial charge in [0.25, 0.3) is 0 Å². The number of oxime groups is 1. The topological polar surface area (TPSA) is 123 Å². The van der Waals surface area contributed by atoms with Crippen LogP contribution in [0.5, 0.6) is 0 Å². The summed E-state index contributed by atoms with van der Waals surface area (Å²) >= 11 is 0. The highest BCUT2D eigenvalue weighted by atomic mass is 32.2. The van der Waals surface area contributed by atoms with E-state index in [2.05, 4.69) is 15.0 Å². The third kappa shape index (κ3) is 2.87. The largest absolute Gasteiger partial charge is 0.409 e. The maximum absolute atomic E-state index is 12.4. The minimum Gasteiger partial charge on any atom is -0.409 e. The molecule has 0 unspecified atom stereocenters. The van der Waals surface area contributed by atoms with E-state index in [4.69, 9.17) is 10.9 Å². The zero-order valence-corrected chi connectivity index (χ0v) is 12.4. The molecule has 1 aromatic heterocycles. The molecule has 0 aliphatic heterocycles. The highest BCUT2D eigenvalue weighted by Crippen LogP contribution is 2.20. The van der Waals surface area contributed by atoms with Gasteiger partial charge in [-0.1, -0.05) is 5.16 Å². The Labute approximate surface area is 112 Å². The number of hydrogen-bond acceptors (Lipinski definition) is 5. The fourth-order valence-corrected chi connectivity index (χ4v) is 3.54. The van der Waals surface area contributed by atoms with Crippen LogP contribution in [0.2, 0.25) is 0 Å². The van der Waals surface area contributed by atoms with Crippen LogP contribution in [0.4, 0.5) is 0 Å². The molecule has 0 saturated carbocycles. The van der Waals surface area contributed by atoms with Crippen LogP contribution in [0.15, 0.2) is 10.1 Å². The Morgan fingerprint density at radius 3 is 2.37 bits per heavy atom. The summed E-state index contributed by atoms with van der Waals surface area (Å²) in [4.78, 5) is 0.105. The number of hydrogen-bond donors (Lipinski definition) is 3. The van der Waals surface area contributed by atoms with Crippen LogP contribution in [0, 0.1) is 13.8 Å². The van der Waals surface area contributed by atoms with Crippen molar-refractivity contribution < 1.29 is 13.6 Å². The van der Waals surface area contributed by atoms with Crippen LogP contribution >= 0.6 is 0 Å². The van der Waals surface area contributed by atoms with Gasteiger partial charge in [-0.2, -0.15) is 9.82 Å². The van der Waals surface area contributed by atoms with Crippen molar-refractivity contribution in [2.24, 2.45) is 17.9 Å². The van der Waals surface area contributed by atoms with E-state index >= 15 is 0 Å². The molecule has 1 heterocycles. The smallest absolute Gasteiger partial charge is 0.245 e. The fourth-order valence-electron chi connectivity index (χ4n) is 1.71. The van der Waals surface area contributed by atoms with Crippen LogP contribution in [0.25, 0.3) is 0 Å². The van der Waals surface area contributed by atoms with E-state index in [9.17, 15) is 8.42 Å². The third-order valence-corrected chi connectivity index (χ3v) is 4.76. The van der Waals surface area contributed by atoms with E-state index in [-0.39, 0.29) is 10.7 Å². The van der Waals surface area contributed by atoms with Crippen LogP contribution in [0.1, 0.15) is 25.2 Å². The molecule has 1 aromatic rings. The first-order valence-corrected chi connectivity index (χ1v) is 7.03. The van der Waals surface area contributed by atoms with Crippen LogP contribution in [0.3, 0.4) is 0 Å². The molecular weight excluding hydrogens is 270 g/mol. The van der Waals surface area contributed by atoms with Crippen molar-refractivity contribution in [3.8, 4) is 0 Å². The maximum atomic E-state index is 12.4. The predicted octanol–water partition coefficient (Wildman–Crippen LogP) is -0.160. The van der Waals surface area contributed by atoms with Gasteiger partial charge in [-0.05, 0) is 27.7 Å². The van der Waals surface area contributed by atoms with Crippen molar-refractivity contribution in [1.29, 1.82) is 0 Å². The fraction of sp³-hybridized carbons (Fsp3) is 0.600. The van der Waals surface area contributed by atoms with E-state index in [1.54, 1.807) is 20.9 Å². The van der Waals surface area contributed by atoms with Gasteiger partial charge < -0.3 is 10.9 Å². The summed E-state index contributed by atoms with van der Waals surface area (Å²) in [5, 5.41) is 15.6. The van der Waals surface area contributed by atoms with Gasteiger partial charge in [0.15, 0.2) is 5.84 Å². The number of amidine groups is 1. The molecule has 0 bridgehead atoms. The van der Waals surface area contributed by atoms with Crippen molar-refractivity contribution in [3.05, 3.63) is 11.4 Å². The zero-order valence-electron chi connectivity index (χ0n) is 11.6. The van der Waals surface area contributed by atoms with E-state index in [1.165, 1.54) is 18.5 Å². The number of aryl methyl sites for hydroxylation is 2. The molecule has 1 rings (SSSR count). The number of nitrogens with one attached hydrogen (secondary N) is 1. The molecule has 0 aliphatic carbocycles. The second kappa shape index (κ2) is 4.82. The molecule has 0 aromatic carbocycles. The minimum absolute atomic E-state index is 0.105. The lowest BCUT2D eigenvalue weighted by Crippen LogP contribution is -2.53. The molecular formula is C10H19N5O3S. The van der Waals surface area contributed by atoms with Crippen LogP contribution < -0.4 is 10.5 Å². The molecule has 9 heteroatoms. The second-order valence-electron chi connectivity index (χ2n) is 4.84. The van der Waals surface area contributed by atoms with Gasteiger partial charge >= 0.3 is 0 Å². The highest BCUT2D eigenvalue weighted by molar-refractivity contribution is 7.89. The van der Waals surface area contributed by atoms with E-state index in [1.807, 2.05) is 0 Å². The predicted molar refractivity (Wildman–Crippen MR) is 70.5 cm³/mol. The van der Waals surface area contributed by atoms with Crippen LogP contribution in [-0.2, 0) is 17.1 Å². The first-order chi connectivity index (χ1) is 8.53. The Kier molecular flexibility index (Phi) is 3.92. The third-order valence-electron chi connectivity index (χ3n) is 2.85. The standard InChI is InChI=1S/C10H19N5O3S/c1-6-8(7(2)15(5)12-6)19(17,18)14-10(3,4)9(11)13-16/h14,16H,1-5H3,(H2,11,13). The highest BCUT2D eigenvalue weighted by Gasteiger charge is 2.33. The Morgan fingerprint density at radius 2 is 2.00 bits per heavy atom. The average Bonchev–Trinajstić information content (AvgIpc) is 2.50. The zero-order chi connectivity index (χ0) is 15.0. The molecule has 8 nitrogen and oxygen atoms in total. The Hall–Kier alpha value is -1.61. The first-order valence-electron chi connectivity index (χ1n) is 5.55. The summed E-state index contributed by atoms with van der Waals surface area (Å²) in [5.41, 5.74) is 5.17. The van der Waals surface area contributed by atoms with Gasteiger partial charge in [-0.3, -0.25) is 4.68 Å². The Morgan fingerprint density at radius 1 is 1.47 bits per heavy atom. The Balaban J connectivity index is 3.27. The molecule has 0 radical (unpaired) electrons. The number of rotatable bonds is 4. The van der Waals surface area contributed by atoms with E-state index < -0.39 is 15.6 Å². The van der Waals surface area contributed by atoms with Gasteiger partial charge in [0.2, 0.25) is 10.0 Å². The molecule has 108 valence electrons. The molecule has 0 aliphatic rings. The summed E-state index contributed by atoms with van der Waals surface area (Å²) in [6.45, 7) is 6.27. The monoisotopic (exact) mass is 289 g/mol. The quantitative estimate of drug-likeness (QED) is 0.307. The number of nitrogens with two attached hydrogens (primary N) is 1. The molecule has 4 N–H and O–H groups in total. The van der Waals surface area contributed by atoms with E-state index in [0.717, 1.165) is 0 Å². The van der Waals surface area contributed by atoms with Gasteiger partial charge in [0.1, 0.15) is 4.90 Å². The summed E-state index contributed by atoms with van der Waals surface area (Å²) in [7, 11) is -2.16. The van der Waals surface area contributed by atoms with Crippen molar-refractivity contribution in [1.82, 2.24) is 14.5 Å². The van der Waals surface area contributed by atoms with Crippen molar-refractivity contribution in [3.63, 3.8) is 0 Å². The number of aromatic nitrogens is 2. The van der Waals surface area contributed by atoms with Crippen molar-refractivity contribution in [2.45, 2.75) is 38.1 Å². The summed E-state index contributed by atoms with van der Waals surface area (Å²) < 4.78 is 28.6. The van der Waals surface area contributed by atoms with Gasteiger partial charge in [0.05, 0.1) is 16.9 Å². The van der Waals surface area contributed by atoms with Gasteiger partial charge in [-0.25, -0.2) is 8.42 Å². The summed E-state index contributed by atoms with van der Waals surface area (Å²) in [6, 6.07) is 0. The maximum Gasteiger partial charge on any atom is 0.245 e. The molecule has 0 spiro atoms. The lowest BCUT2D eigenvalue weighted by molar-refractivity contribution is 0.312. The molecule has 0 atom stereocenters. The average molecular weight is 289 g/mol. The van der Waals surface area contributed by atoms with E-state index in [0.29, 0.717) is 11.4 Å². The minimum atomic E-state index is -3.82.